The normalized spacial score (nSPS) is 16.3. The van der Waals surface area contributed by atoms with E-state index < -0.39 is 5.91 Å². The molecule has 3 heterocycles. The van der Waals surface area contributed by atoms with Gasteiger partial charge in [0.15, 0.2) is 5.65 Å². The maximum absolute atomic E-state index is 12.5. The van der Waals surface area contributed by atoms with Crippen molar-refractivity contribution in [1.82, 2.24) is 25.4 Å². The van der Waals surface area contributed by atoms with Crippen LogP contribution in [0.5, 0.6) is 0 Å². The van der Waals surface area contributed by atoms with Gasteiger partial charge < -0.3 is 0 Å². The van der Waals surface area contributed by atoms with Crippen molar-refractivity contribution in [2.24, 2.45) is 5.92 Å². The summed E-state index contributed by atoms with van der Waals surface area (Å²) in [7, 11) is 0. The van der Waals surface area contributed by atoms with E-state index in [1.54, 1.807) is 29.9 Å². The Kier molecular flexibility index (Phi) is 4.20. The topological polar surface area (TPSA) is 88.4 Å². The minimum atomic E-state index is -0.431. The molecule has 2 N–H and O–H groups in total. The van der Waals surface area contributed by atoms with E-state index in [9.17, 15) is 9.59 Å². The van der Waals surface area contributed by atoms with Gasteiger partial charge in [-0.05, 0) is 49.8 Å². The molecule has 4 rings (SSSR count). The number of nitrogens with zero attached hydrogens (tertiary/aromatic N) is 3. The summed E-state index contributed by atoms with van der Waals surface area (Å²) in [4.78, 5) is 31.0. The molecule has 0 radical (unpaired) electrons. The lowest BCUT2D eigenvalue weighted by Crippen LogP contribution is -2.41. The zero-order valence-corrected chi connectivity index (χ0v) is 15.4. The number of amides is 2. The third-order valence-corrected chi connectivity index (χ3v) is 5.88. The summed E-state index contributed by atoms with van der Waals surface area (Å²) in [5, 5.41) is 4.25. The molecule has 0 aliphatic heterocycles. The van der Waals surface area contributed by atoms with Crippen molar-refractivity contribution in [3.05, 3.63) is 51.1 Å². The van der Waals surface area contributed by atoms with Crippen LogP contribution in [0.1, 0.15) is 49.5 Å². The van der Waals surface area contributed by atoms with Crippen molar-refractivity contribution in [2.75, 3.05) is 0 Å². The van der Waals surface area contributed by atoms with E-state index in [2.05, 4.69) is 27.9 Å². The molecule has 0 bridgehead atoms. The Bertz CT molecular complexity index is 1010. The molecule has 0 saturated heterocycles. The van der Waals surface area contributed by atoms with E-state index in [1.165, 1.54) is 21.8 Å². The van der Waals surface area contributed by atoms with Crippen LogP contribution in [0, 0.1) is 12.8 Å². The first-order chi connectivity index (χ1) is 12.5. The van der Waals surface area contributed by atoms with Gasteiger partial charge in [-0.3, -0.25) is 20.4 Å². The predicted molar refractivity (Wildman–Crippen MR) is 98.2 cm³/mol. The predicted octanol–water partition coefficient (Wildman–Crippen LogP) is 2.30. The molecule has 1 aliphatic rings. The van der Waals surface area contributed by atoms with Crippen LogP contribution in [0.2, 0.25) is 0 Å². The van der Waals surface area contributed by atoms with Crippen LogP contribution >= 0.6 is 11.3 Å². The summed E-state index contributed by atoms with van der Waals surface area (Å²) in [5.74, 6) is -0.0780. The second-order valence-electron chi connectivity index (χ2n) is 6.66. The minimum Gasteiger partial charge on any atom is -0.267 e. The smallest absolute Gasteiger partial charge is 0.267 e. The SMILES string of the molecule is Cc1nn2cccnc2c1C(=O)NNC(=O)c1cc2c(s1)CCC(C)C2. The Balaban J connectivity index is 1.47. The molecule has 3 aromatic rings. The molecular weight excluding hydrogens is 350 g/mol. The number of aromatic nitrogens is 3. The second kappa shape index (κ2) is 6.53. The van der Waals surface area contributed by atoms with Crippen LogP contribution in [0.4, 0.5) is 0 Å². The minimum absolute atomic E-state index is 0.299. The van der Waals surface area contributed by atoms with Gasteiger partial charge in [-0.2, -0.15) is 5.10 Å². The Hall–Kier alpha value is -2.74. The zero-order valence-electron chi connectivity index (χ0n) is 14.6. The number of hydrogen-bond donors (Lipinski definition) is 2. The molecule has 3 aromatic heterocycles. The van der Waals surface area contributed by atoms with Crippen molar-refractivity contribution in [2.45, 2.75) is 33.1 Å². The molecule has 134 valence electrons. The molecule has 1 unspecified atom stereocenters. The van der Waals surface area contributed by atoms with Gasteiger partial charge >= 0.3 is 0 Å². The van der Waals surface area contributed by atoms with E-state index >= 15 is 0 Å². The molecule has 0 aromatic carbocycles. The standard InChI is InChI=1S/C18H19N5O2S/c1-10-4-5-13-12(8-10)9-14(26-13)17(24)20-21-18(25)15-11(2)22-23-7-3-6-19-16(15)23/h3,6-7,9-10H,4-5,8H2,1-2H3,(H,20,24)(H,21,25). The van der Waals surface area contributed by atoms with Gasteiger partial charge in [0.25, 0.3) is 11.8 Å². The summed E-state index contributed by atoms with van der Waals surface area (Å²) in [6.45, 7) is 3.97. The largest absolute Gasteiger partial charge is 0.279 e. The van der Waals surface area contributed by atoms with Crippen LogP contribution in [0.15, 0.2) is 24.5 Å². The van der Waals surface area contributed by atoms with Gasteiger partial charge in [0.05, 0.1) is 10.6 Å². The maximum Gasteiger partial charge on any atom is 0.279 e. The number of carbonyl (C=O) groups excluding carboxylic acids is 2. The first-order valence-electron chi connectivity index (χ1n) is 8.55. The molecule has 8 heteroatoms. The lowest BCUT2D eigenvalue weighted by Gasteiger charge is -2.16. The summed E-state index contributed by atoms with van der Waals surface area (Å²) >= 11 is 1.51. The van der Waals surface area contributed by atoms with E-state index in [0.29, 0.717) is 27.7 Å². The first-order valence-corrected chi connectivity index (χ1v) is 9.37. The summed E-state index contributed by atoms with van der Waals surface area (Å²) in [6.07, 6.45) is 6.52. The number of rotatable bonds is 2. The third-order valence-electron chi connectivity index (χ3n) is 4.64. The highest BCUT2D eigenvalue weighted by Gasteiger charge is 2.22. The molecule has 0 fully saturated rings. The second-order valence-corrected chi connectivity index (χ2v) is 7.80. The third kappa shape index (κ3) is 2.96. The summed E-state index contributed by atoms with van der Waals surface area (Å²) in [6, 6.07) is 3.68. The summed E-state index contributed by atoms with van der Waals surface area (Å²) < 4.78 is 1.54. The molecular formula is C18H19N5O2S. The van der Waals surface area contributed by atoms with Crippen LogP contribution in [-0.2, 0) is 12.8 Å². The quantitative estimate of drug-likeness (QED) is 0.679. The maximum atomic E-state index is 12.5. The Labute approximate surface area is 154 Å². The number of thiophene rings is 1. The monoisotopic (exact) mass is 369 g/mol. The van der Waals surface area contributed by atoms with Crippen LogP contribution in [-0.4, -0.2) is 26.4 Å². The lowest BCUT2D eigenvalue weighted by molar-refractivity contribution is 0.0849. The number of nitrogens with one attached hydrogen (secondary N) is 2. The molecule has 2 amide bonds. The van der Waals surface area contributed by atoms with Gasteiger partial charge in [-0.1, -0.05) is 6.92 Å². The highest BCUT2D eigenvalue weighted by molar-refractivity contribution is 7.14. The van der Waals surface area contributed by atoms with Gasteiger partial charge in [0.1, 0.15) is 5.56 Å². The Morgan fingerprint density at radius 2 is 2.12 bits per heavy atom. The fourth-order valence-electron chi connectivity index (χ4n) is 3.32. The Morgan fingerprint density at radius 1 is 1.31 bits per heavy atom. The van der Waals surface area contributed by atoms with Crippen molar-refractivity contribution in [3.63, 3.8) is 0 Å². The molecule has 1 aliphatic carbocycles. The molecule has 0 spiro atoms. The zero-order chi connectivity index (χ0) is 18.3. The number of fused-ring (bicyclic) bond motifs is 2. The van der Waals surface area contributed by atoms with Crippen molar-refractivity contribution in [3.8, 4) is 0 Å². The van der Waals surface area contributed by atoms with Crippen LogP contribution in [0.3, 0.4) is 0 Å². The van der Waals surface area contributed by atoms with Gasteiger partial charge in [-0.15, -0.1) is 11.3 Å². The lowest BCUT2D eigenvalue weighted by atomic mass is 9.90. The van der Waals surface area contributed by atoms with Gasteiger partial charge in [0.2, 0.25) is 0 Å². The van der Waals surface area contributed by atoms with Gasteiger partial charge in [-0.25, -0.2) is 9.50 Å². The number of aryl methyl sites for hydroxylation is 2. The molecule has 7 nitrogen and oxygen atoms in total. The fraction of sp³-hybridized carbons (Fsp3) is 0.333. The fourth-order valence-corrected chi connectivity index (χ4v) is 4.42. The Morgan fingerprint density at radius 3 is 2.96 bits per heavy atom. The first kappa shape index (κ1) is 16.7. The van der Waals surface area contributed by atoms with E-state index in [4.69, 9.17) is 0 Å². The average Bonchev–Trinajstić information content (AvgIpc) is 3.18. The van der Waals surface area contributed by atoms with E-state index in [0.717, 1.165) is 19.3 Å². The molecule has 0 saturated carbocycles. The molecule has 26 heavy (non-hydrogen) atoms. The van der Waals surface area contributed by atoms with Crippen molar-refractivity contribution < 1.29 is 9.59 Å². The highest BCUT2D eigenvalue weighted by atomic mass is 32.1. The highest BCUT2D eigenvalue weighted by Crippen LogP contribution is 2.32. The van der Waals surface area contributed by atoms with Crippen LogP contribution < -0.4 is 10.9 Å². The number of hydrogen-bond acceptors (Lipinski definition) is 5. The van der Waals surface area contributed by atoms with E-state index in [1.807, 2.05) is 6.07 Å². The van der Waals surface area contributed by atoms with E-state index in [-0.39, 0.29) is 5.91 Å². The van der Waals surface area contributed by atoms with Crippen LogP contribution in [0.25, 0.3) is 5.65 Å². The van der Waals surface area contributed by atoms with Crippen molar-refractivity contribution in [1.29, 1.82) is 0 Å². The molecule has 1 atom stereocenters. The average molecular weight is 369 g/mol. The number of hydrazine groups is 1. The van der Waals surface area contributed by atoms with Crippen molar-refractivity contribution >= 4 is 28.8 Å². The number of carbonyl (C=O) groups is 2. The summed E-state index contributed by atoms with van der Waals surface area (Å²) in [5.41, 5.74) is 7.60. The van der Waals surface area contributed by atoms with Gasteiger partial charge in [0, 0.05) is 17.3 Å².